The molecule has 0 saturated carbocycles. The number of fused-ring (bicyclic) bond motifs is 2. The molecule has 1 fully saturated rings. The van der Waals surface area contributed by atoms with Crippen LogP contribution in [0.4, 0.5) is 5.69 Å². The van der Waals surface area contributed by atoms with Gasteiger partial charge in [-0.2, -0.15) is 0 Å². The number of aryl methyl sites for hydroxylation is 1. The lowest BCUT2D eigenvalue weighted by Crippen LogP contribution is -2.42. The van der Waals surface area contributed by atoms with Crippen molar-refractivity contribution >= 4 is 21.6 Å². The normalized spacial score (nSPS) is 21.7. The highest BCUT2D eigenvalue weighted by Gasteiger charge is 2.59. The predicted molar refractivity (Wildman–Crippen MR) is 135 cm³/mol. The summed E-state index contributed by atoms with van der Waals surface area (Å²) in [4.78, 5) is 16.1. The fourth-order valence-electron chi connectivity index (χ4n) is 5.21. The molecule has 3 aromatic carbocycles. The Bertz CT molecular complexity index is 1400. The number of hydrogen-bond donors (Lipinski definition) is 1. The van der Waals surface area contributed by atoms with Gasteiger partial charge in [0.1, 0.15) is 5.41 Å². The number of aliphatic hydroxyl groups excluding tert-OH is 1. The molecule has 2 heterocycles. The molecule has 7 heteroatoms. The van der Waals surface area contributed by atoms with Crippen LogP contribution in [0, 0.1) is 6.92 Å². The highest BCUT2D eigenvalue weighted by molar-refractivity contribution is 7.89. The van der Waals surface area contributed by atoms with Gasteiger partial charge in [0.25, 0.3) is 10.0 Å². The van der Waals surface area contributed by atoms with E-state index in [-0.39, 0.29) is 17.3 Å². The topological polar surface area (TPSA) is 77.9 Å². The Morgan fingerprint density at radius 1 is 1.00 bits per heavy atom. The molecule has 0 bridgehead atoms. The van der Waals surface area contributed by atoms with Crippen LogP contribution >= 0.6 is 0 Å². The van der Waals surface area contributed by atoms with E-state index in [9.17, 15) is 18.3 Å². The number of sulfonamides is 1. The molecule has 1 saturated heterocycles. The lowest BCUT2D eigenvalue weighted by Gasteiger charge is -2.29. The quantitative estimate of drug-likeness (QED) is 0.586. The molecular formula is C28H28N2O4S. The Kier molecular flexibility index (Phi) is 5.77. The average Bonchev–Trinajstić information content (AvgIpc) is 3.33. The predicted octanol–water partition coefficient (Wildman–Crippen LogP) is 4.14. The van der Waals surface area contributed by atoms with Crippen molar-refractivity contribution in [3.8, 4) is 0 Å². The van der Waals surface area contributed by atoms with Gasteiger partial charge >= 0.3 is 0 Å². The van der Waals surface area contributed by atoms with Crippen LogP contribution in [0.15, 0.2) is 95.5 Å². The number of para-hydroxylation sites is 1. The summed E-state index contributed by atoms with van der Waals surface area (Å²) >= 11 is 0. The van der Waals surface area contributed by atoms with Crippen molar-refractivity contribution in [2.45, 2.75) is 43.2 Å². The highest BCUT2D eigenvalue weighted by atomic mass is 32.2. The number of amides is 1. The zero-order chi connectivity index (χ0) is 24.8. The number of nitrogens with zero attached hydrogens (tertiary/aromatic N) is 2. The van der Waals surface area contributed by atoms with Gasteiger partial charge in [-0.05, 0) is 55.7 Å². The third kappa shape index (κ3) is 3.75. The maximum absolute atomic E-state index is 14.2. The zero-order valence-electron chi connectivity index (χ0n) is 19.8. The molecule has 2 atom stereocenters. The summed E-state index contributed by atoms with van der Waals surface area (Å²) in [6.07, 6.45) is 0.885. The number of carbonyl (C=O) groups is 1. The van der Waals surface area contributed by atoms with Crippen molar-refractivity contribution in [2.24, 2.45) is 0 Å². The van der Waals surface area contributed by atoms with Crippen molar-refractivity contribution in [1.82, 2.24) is 4.31 Å². The average molecular weight is 489 g/mol. The molecule has 3 aromatic rings. The molecule has 0 unspecified atom stereocenters. The molecule has 6 nitrogen and oxygen atoms in total. The van der Waals surface area contributed by atoms with E-state index in [0.717, 1.165) is 22.4 Å². The molecule has 1 spiro atoms. The van der Waals surface area contributed by atoms with Crippen LogP contribution in [0.5, 0.6) is 0 Å². The second kappa shape index (κ2) is 8.66. The van der Waals surface area contributed by atoms with E-state index in [4.69, 9.17) is 0 Å². The van der Waals surface area contributed by atoms with E-state index in [1.807, 2.05) is 61.5 Å². The molecule has 1 amide bonds. The van der Waals surface area contributed by atoms with Crippen LogP contribution in [0.3, 0.4) is 0 Å². The number of carbonyl (C=O) groups excluding carboxylic acids is 1. The molecule has 1 N–H and O–H groups in total. The SMILES string of the molecule is Cc1ccc(S(=O)(=O)N2CC[C@]3(C(=O)N(Cc4ccccc4)c4ccccc43)/C2=C\[C@@H](C)O)cc1. The van der Waals surface area contributed by atoms with Crippen LogP contribution in [-0.2, 0) is 26.8 Å². The largest absolute Gasteiger partial charge is 0.389 e. The third-order valence-electron chi connectivity index (χ3n) is 6.85. The number of benzene rings is 3. The van der Waals surface area contributed by atoms with Gasteiger partial charge in [0.05, 0.1) is 17.5 Å². The van der Waals surface area contributed by atoms with Crippen molar-refractivity contribution in [3.63, 3.8) is 0 Å². The van der Waals surface area contributed by atoms with Gasteiger partial charge < -0.3 is 10.0 Å². The minimum Gasteiger partial charge on any atom is -0.389 e. The zero-order valence-corrected chi connectivity index (χ0v) is 20.6. The van der Waals surface area contributed by atoms with Gasteiger partial charge in [0.2, 0.25) is 5.91 Å². The van der Waals surface area contributed by atoms with Crippen molar-refractivity contribution < 1.29 is 18.3 Å². The first kappa shape index (κ1) is 23.3. The van der Waals surface area contributed by atoms with Crippen LogP contribution in [0.1, 0.15) is 30.0 Å². The van der Waals surface area contributed by atoms with E-state index in [1.165, 1.54) is 10.4 Å². The number of anilines is 1. The molecule has 5 rings (SSSR count). The Hall–Kier alpha value is -3.42. The first-order valence-corrected chi connectivity index (χ1v) is 13.1. The molecule has 2 aliphatic rings. The van der Waals surface area contributed by atoms with Crippen molar-refractivity contribution in [1.29, 1.82) is 0 Å². The number of hydrogen-bond acceptors (Lipinski definition) is 4. The van der Waals surface area contributed by atoms with Crippen molar-refractivity contribution in [3.05, 3.63) is 107 Å². The summed E-state index contributed by atoms with van der Waals surface area (Å²) in [7, 11) is -3.93. The summed E-state index contributed by atoms with van der Waals surface area (Å²) in [6, 6.07) is 24.0. The summed E-state index contributed by atoms with van der Waals surface area (Å²) < 4.78 is 28.8. The van der Waals surface area contributed by atoms with Gasteiger partial charge in [-0.1, -0.05) is 66.2 Å². The van der Waals surface area contributed by atoms with Gasteiger partial charge in [-0.15, -0.1) is 0 Å². The smallest absolute Gasteiger partial charge is 0.264 e. The van der Waals surface area contributed by atoms with Crippen LogP contribution in [0.25, 0.3) is 0 Å². The van der Waals surface area contributed by atoms with Gasteiger partial charge in [-0.25, -0.2) is 8.42 Å². The van der Waals surface area contributed by atoms with E-state index in [1.54, 1.807) is 36.1 Å². The third-order valence-corrected chi connectivity index (χ3v) is 8.68. The van der Waals surface area contributed by atoms with Crippen molar-refractivity contribution in [2.75, 3.05) is 11.4 Å². The number of aliphatic hydroxyl groups is 1. The molecule has 2 aliphatic heterocycles. The molecule has 180 valence electrons. The minimum absolute atomic E-state index is 0.147. The lowest BCUT2D eigenvalue weighted by atomic mass is 9.77. The fraction of sp³-hybridized carbons (Fsp3) is 0.250. The molecule has 0 aliphatic carbocycles. The Morgan fingerprint density at radius 2 is 1.66 bits per heavy atom. The van der Waals surface area contributed by atoms with E-state index in [0.29, 0.717) is 18.7 Å². The number of rotatable bonds is 5. The van der Waals surface area contributed by atoms with E-state index >= 15 is 0 Å². The van der Waals surface area contributed by atoms with E-state index < -0.39 is 21.5 Å². The van der Waals surface area contributed by atoms with Crippen LogP contribution < -0.4 is 4.90 Å². The summed E-state index contributed by atoms with van der Waals surface area (Å²) in [5.74, 6) is -0.170. The first-order valence-electron chi connectivity index (χ1n) is 11.7. The van der Waals surface area contributed by atoms with Crippen LogP contribution in [-0.4, -0.2) is 36.4 Å². The Morgan fingerprint density at radius 3 is 2.34 bits per heavy atom. The summed E-state index contributed by atoms with van der Waals surface area (Å²) in [5, 5.41) is 10.4. The molecule has 0 aromatic heterocycles. The molecular weight excluding hydrogens is 460 g/mol. The molecule has 0 radical (unpaired) electrons. The first-order chi connectivity index (χ1) is 16.7. The monoisotopic (exact) mass is 488 g/mol. The Balaban J connectivity index is 1.64. The summed E-state index contributed by atoms with van der Waals surface area (Å²) in [5.41, 5.74) is 2.62. The second-order valence-electron chi connectivity index (χ2n) is 9.23. The Labute approximate surface area is 206 Å². The lowest BCUT2D eigenvalue weighted by molar-refractivity contribution is -0.122. The highest BCUT2D eigenvalue weighted by Crippen LogP contribution is 2.54. The van der Waals surface area contributed by atoms with Crippen LogP contribution in [0.2, 0.25) is 0 Å². The maximum atomic E-state index is 14.2. The van der Waals surface area contributed by atoms with Gasteiger partial charge in [-0.3, -0.25) is 9.10 Å². The maximum Gasteiger partial charge on any atom is 0.264 e. The minimum atomic E-state index is -3.93. The molecule has 35 heavy (non-hydrogen) atoms. The van der Waals surface area contributed by atoms with Gasteiger partial charge in [0, 0.05) is 17.9 Å². The fourth-order valence-corrected chi connectivity index (χ4v) is 6.75. The summed E-state index contributed by atoms with van der Waals surface area (Å²) in [6.45, 7) is 4.00. The second-order valence-corrected chi connectivity index (χ2v) is 11.1. The van der Waals surface area contributed by atoms with Gasteiger partial charge in [0.15, 0.2) is 0 Å². The van der Waals surface area contributed by atoms with E-state index in [2.05, 4.69) is 0 Å². The standard InChI is InChI=1S/C28H28N2O4S/c1-20-12-14-23(15-13-20)35(33,34)30-17-16-28(26(30)18-21(2)31)24-10-6-7-11-25(24)29(27(28)32)19-22-8-4-3-5-9-22/h3-15,18,21,31H,16-17,19H2,1-2H3/b26-18+/t21-,28-/m1/s1.